The molecule has 2 aromatic heterocycles. The molecule has 0 unspecified atom stereocenters. The number of nitrogens with one attached hydrogen (secondary N) is 1. The van der Waals surface area contributed by atoms with Gasteiger partial charge in [-0.15, -0.1) is 12.4 Å². The molecule has 0 amide bonds. The Balaban J connectivity index is 0.000000597. The average Bonchev–Trinajstić information content (AvgIpc) is 3.22. The van der Waals surface area contributed by atoms with Crippen molar-refractivity contribution in [1.29, 1.82) is 0 Å². The number of pyridine rings is 1. The summed E-state index contributed by atoms with van der Waals surface area (Å²) in [5.74, 6) is 0.260. The Kier molecular flexibility index (Phi) is 9.67. The van der Waals surface area contributed by atoms with E-state index in [1.165, 1.54) is 22.3 Å². The number of hydrogen-bond acceptors (Lipinski definition) is 4. The fourth-order valence-electron chi connectivity index (χ4n) is 3.75. The molecule has 33 heavy (non-hydrogen) atoms. The van der Waals surface area contributed by atoms with Crippen LogP contribution in [0.25, 0.3) is 16.8 Å². The summed E-state index contributed by atoms with van der Waals surface area (Å²) >= 11 is 12.3. The molecule has 0 spiro atoms. The van der Waals surface area contributed by atoms with Crippen molar-refractivity contribution in [2.24, 2.45) is 0 Å². The molecule has 0 saturated carbocycles. The van der Waals surface area contributed by atoms with Gasteiger partial charge >= 0.3 is 0 Å². The zero-order valence-corrected chi connectivity index (χ0v) is 20.6. The third kappa shape index (κ3) is 6.23. The van der Waals surface area contributed by atoms with Crippen LogP contribution in [0.4, 0.5) is 0 Å². The first-order valence-electron chi connectivity index (χ1n) is 10.2. The van der Waals surface area contributed by atoms with Gasteiger partial charge in [-0.2, -0.15) is 5.10 Å². The summed E-state index contributed by atoms with van der Waals surface area (Å²) in [6.07, 6.45) is 3.41. The maximum Gasteiger partial charge on any atom is 0.155 e. The van der Waals surface area contributed by atoms with Gasteiger partial charge in [-0.3, -0.25) is 0 Å². The summed E-state index contributed by atoms with van der Waals surface area (Å²) in [6.45, 7) is 5.18. The van der Waals surface area contributed by atoms with Crippen molar-refractivity contribution in [3.05, 3.63) is 87.8 Å². The van der Waals surface area contributed by atoms with Crippen molar-refractivity contribution >= 4 is 41.3 Å². The van der Waals surface area contributed by atoms with Crippen LogP contribution in [0.3, 0.4) is 0 Å². The number of nitrogens with zero attached hydrogens (tertiary/aromatic N) is 3. The van der Waals surface area contributed by atoms with Gasteiger partial charge in [0.2, 0.25) is 0 Å². The van der Waals surface area contributed by atoms with Gasteiger partial charge in [-0.05, 0) is 66.4 Å². The summed E-state index contributed by atoms with van der Waals surface area (Å²) < 4.78 is 1.80. The van der Waals surface area contributed by atoms with Gasteiger partial charge in [0, 0.05) is 36.9 Å². The maximum absolute atomic E-state index is 8.06. The van der Waals surface area contributed by atoms with Gasteiger partial charge in [-0.1, -0.05) is 41.4 Å². The van der Waals surface area contributed by atoms with Gasteiger partial charge in [-0.25, -0.2) is 9.50 Å². The van der Waals surface area contributed by atoms with Gasteiger partial charge in [0.15, 0.2) is 5.65 Å². The zero-order valence-electron chi connectivity index (χ0n) is 18.3. The smallest absolute Gasteiger partial charge is 0.155 e. The first kappa shape index (κ1) is 27.1. The van der Waals surface area contributed by atoms with Crippen molar-refractivity contribution in [3.8, 4) is 11.1 Å². The molecule has 0 bridgehead atoms. The van der Waals surface area contributed by atoms with Crippen LogP contribution in [0, 0.1) is 0 Å². The molecule has 176 valence electrons. The molecule has 4 N–H and O–H groups in total. The number of rotatable bonds is 2. The van der Waals surface area contributed by atoms with Crippen LogP contribution in [0.5, 0.6) is 0 Å². The molecule has 4 aromatic rings. The van der Waals surface area contributed by atoms with E-state index < -0.39 is 0 Å². The van der Waals surface area contributed by atoms with Crippen LogP contribution in [0.15, 0.2) is 61.1 Å². The van der Waals surface area contributed by atoms with Crippen LogP contribution in [-0.2, 0) is 6.54 Å². The second-order valence-electron chi connectivity index (χ2n) is 7.84. The van der Waals surface area contributed by atoms with E-state index in [0.29, 0.717) is 10.0 Å². The molecule has 0 radical (unpaired) electrons. The maximum atomic E-state index is 8.06. The Morgan fingerprint density at radius 3 is 2.48 bits per heavy atom. The lowest BCUT2D eigenvalue weighted by atomic mass is 9.84. The average molecular weight is 510 g/mol. The highest BCUT2D eigenvalue weighted by Crippen LogP contribution is 2.35. The zero-order chi connectivity index (χ0) is 22.0. The van der Waals surface area contributed by atoms with Crippen molar-refractivity contribution in [1.82, 2.24) is 19.9 Å². The minimum atomic E-state index is -0.167. The molecule has 5 rings (SSSR count). The van der Waals surface area contributed by atoms with Gasteiger partial charge < -0.3 is 15.9 Å². The molecule has 2 aromatic carbocycles. The van der Waals surface area contributed by atoms with Gasteiger partial charge in [0.25, 0.3) is 0 Å². The number of hydrogen-bond donors (Lipinski definition) is 2. The molecular weight excluding hydrogens is 483 g/mol. The largest absolute Gasteiger partial charge is 0.412 e. The standard InChI is InChI=1S/C21H16Cl2N4.C3H8O.ClH.H2O/c22-19-5-2-14(8-20(19)23)18-10-24-9-16-7-13(1-4-17(16)18)15-3-6-21-25-12-26-27(21)11-15;1-3(2)4;;/h1-8,11-12,18,24H,9-10H2;3-4H,1-2H3;1H;1H2/t18-;;;/m0.../s1. The Morgan fingerprint density at radius 2 is 1.76 bits per heavy atom. The van der Waals surface area contributed by atoms with Crippen LogP contribution >= 0.6 is 35.6 Å². The van der Waals surface area contributed by atoms with Crippen LogP contribution < -0.4 is 5.32 Å². The Labute approximate surface area is 209 Å². The lowest BCUT2D eigenvalue weighted by molar-refractivity contribution is 0.216. The number of benzene rings is 2. The molecule has 1 aliphatic rings. The SMILES string of the molecule is CC(C)O.Cl.Clc1ccc([C@@H]2CNCc3cc(-c4ccc5ncnn5c4)ccc32)cc1Cl.O. The molecule has 9 heteroatoms. The molecule has 0 saturated heterocycles. The monoisotopic (exact) mass is 508 g/mol. The van der Waals surface area contributed by atoms with E-state index in [1.807, 2.05) is 24.4 Å². The molecule has 0 fully saturated rings. The Hall–Kier alpha value is -2.19. The first-order chi connectivity index (χ1) is 14.9. The second-order valence-corrected chi connectivity index (χ2v) is 8.66. The van der Waals surface area contributed by atoms with Gasteiger partial charge in [0.05, 0.1) is 10.0 Å². The van der Waals surface area contributed by atoms with Crippen LogP contribution in [-0.4, -0.2) is 37.8 Å². The third-order valence-corrected chi connectivity index (χ3v) is 5.87. The summed E-state index contributed by atoms with van der Waals surface area (Å²) in [7, 11) is 0. The van der Waals surface area contributed by atoms with E-state index in [-0.39, 0.29) is 29.9 Å². The van der Waals surface area contributed by atoms with E-state index in [2.05, 4.69) is 45.7 Å². The fourth-order valence-corrected chi connectivity index (χ4v) is 4.06. The third-order valence-electron chi connectivity index (χ3n) is 5.14. The lowest BCUT2D eigenvalue weighted by Crippen LogP contribution is -2.28. The highest BCUT2D eigenvalue weighted by Gasteiger charge is 2.22. The Morgan fingerprint density at radius 1 is 1.03 bits per heavy atom. The van der Waals surface area contributed by atoms with Crippen molar-refractivity contribution < 1.29 is 10.6 Å². The molecule has 3 heterocycles. The molecular formula is C24H27Cl3N4O2. The van der Waals surface area contributed by atoms with E-state index in [4.69, 9.17) is 28.3 Å². The fraction of sp³-hybridized carbons (Fsp3) is 0.250. The highest BCUT2D eigenvalue weighted by atomic mass is 35.5. The highest BCUT2D eigenvalue weighted by molar-refractivity contribution is 6.42. The molecule has 1 atom stereocenters. The van der Waals surface area contributed by atoms with E-state index in [0.717, 1.165) is 24.3 Å². The topological polar surface area (TPSA) is 94.0 Å². The van der Waals surface area contributed by atoms with E-state index in [9.17, 15) is 0 Å². The van der Waals surface area contributed by atoms with Crippen LogP contribution in [0.2, 0.25) is 10.0 Å². The first-order valence-corrected chi connectivity index (χ1v) is 10.9. The van der Waals surface area contributed by atoms with E-state index >= 15 is 0 Å². The van der Waals surface area contributed by atoms with Crippen LogP contribution in [0.1, 0.15) is 36.5 Å². The number of halogens is 3. The van der Waals surface area contributed by atoms with Crippen molar-refractivity contribution in [3.63, 3.8) is 0 Å². The predicted molar refractivity (Wildman–Crippen MR) is 137 cm³/mol. The molecule has 6 nitrogen and oxygen atoms in total. The molecule has 0 aliphatic carbocycles. The molecule has 1 aliphatic heterocycles. The van der Waals surface area contributed by atoms with E-state index in [1.54, 1.807) is 24.7 Å². The normalized spacial score (nSPS) is 14.5. The summed E-state index contributed by atoms with van der Waals surface area (Å²) in [6, 6.07) is 16.6. The predicted octanol–water partition coefficient (Wildman–Crippen LogP) is 4.92. The summed E-state index contributed by atoms with van der Waals surface area (Å²) in [5.41, 5.74) is 6.94. The number of aliphatic hydroxyl groups excluding tert-OH is 1. The number of fused-ring (bicyclic) bond motifs is 2. The number of aromatic nitrogens is 3. The summed E-state index contributed by atoms with van der Waals surface area (Å²) in [4.78, 5) is 4.20. The lowest BCUT2D eigenvalue weighted by Gasteiger charge is -2.27. The van der Waals surface area contributed by atoms with Crippen molar-refractivity contribution in [2.75, 3.05) is 6.54 Å². The van der Waals surface area contributed by atoms with Crippen molar-refractivity contribution in [2.45, 2.75) is 32.4 Å². The minimum absolute atomic E-state index is 0. The Bertz CT molecular complexity index is 1210. The van der Waals surface area contributed by atoms with Gasteiger partial charge in [0.1, 0.15) is 6.33 Å². The summed E-state index contributed by atoms with van der Waals surface area (Å²) in [5, 5.41) is 17.0. The second kappa shape index (κ2) is 11.8. The minimum Gasteiger partial charge on any atom is -0.412 e. The quantitative estimate of drug-likeness (QED) is 0.401. The number of aliphatic hydroxyl groups is 1.